The van der Waals surface area contributed by atoms with Gasteiger partial charge in [0.2, 0.25) is 5.91 Å². The molecule has 3 aromatic rings. The highest BCUT2D eigenvalue weighted by atomic mass is 16.3. The maximum absolute atomic E-state index is 13.0. The minimum atomic E-state index is -0.301. The van der Waals surface area contributed by atoms with Crippen molar-refractivity contribution in [2.45, 2.75) is 53.4 Å². The summed E-state index contributed by atoms with van der Waals surface area (Å²) in [6.07, 6.45) is 2.18. The van der Waals surface area contributed by atoms with E-state index in [4.69, 9.17) is 9.52 Å². The van der Waals surface area contributed by atoms with Crippen molar-refractivity contribution in [1.29, 1.82) is 0 Å². The lowest BCUT2D eigenvalue weighted by atomic mass is 9.92. The highest BCUT2D eigenvalue weighted by molar-refractivity contribution is 5.97. The zero-order chi connectivity index (χ0) is 23.5. The molecule has 0 radical (unpaired) electrons. The molecule has 0 unspecified atom stereocenters. The largest absolute Gasteiger partial charge is 0.459 e. The SMILES string of the molecule is CCCN(CC(=O)Nc1cc(C(C)(C)C)nn1-c1cccc(C)c1C)C(=O)c1ccco1. The van der Waals surface area contributed by atoms with Crippen molar-refractivity contribution in [3.05, 3.63) is 65.2 Å². The summed E-state index contributed by atoms with van der Waals surface area (Å²) in [7, 11) is 0. The molecular weight excluding hydrogens is 404 g/mol. The van der Waals surface area contributed by atoms with Crippen molar-refractivity contribution in [3.8, 4) is 5.69 Å². The summed E-state index contributed by atoms with van der Waals surface area (Å²) in [6.45, 7) is 12.7. The fraction of sp³-hybridized carbons (Fsp3) is 0.400. The van der Waals surface area contributed by atoms with Gasteiger partial charge in [0.05, 0.1) is 17.6 Å². The number of carbonyl (C=O) groups excluding carboxylic acids is 2. The van der Waals surface area contributed by atoms with Gasteiger partial charge < -0.3 is 14.6 Å². The summed E-state index contributed by atoms with van der Waals surface area (Å²) in [6, 6.07) is 11.2. The number of furan rings is 1. The highest BCUT2D eigenvalue weighted by Gasteiger charge is 2.24. The van der Waals surface area contributed by atoms with Crippen molar-refractivity contribution in [3.63, 3.8) is 0 Å². The van der Waals surface area contributed by atoms with Crippen molar-refractivity contribution in [2.75, 3.05) is 18.4 Å². The molecule has 0 saturated carbocycles. The molecule has 0 spiro atoms. The topological polar surface area (TPSA) is 80.4 Å². The van der Waals surface area contributed by atoms with Crippen LogP contribution in [0, 0.1) is 13.8 Å². The Balaban J connectivity index is 1.90. The summed E-state index contributed by atoms with van der Waals surface area (Å²) >= 11 is 0. The van der Waals surface area contributed by atoms with Crippen molar-refractivity contribution < 1.29 is 14.0 Å². The van der Waals surface area contributed by atoms with Crippen LogP contribution in [-0.4, -0.2) is 39.6 Å². The maximum atomic E-state index is 13.0. The van der Waals surface area contributed by atoms with Crippen LogP contribution in [0.25, 0.3) is 5.69 Å². The van der Waals surface area contributed by atoms with Crippen LogP contribution >= 0.6 is 0 Å². The number of anilines is 1. The maximum Gasteiger partial charge on any atom is 0.290 e. The van der Waals surface area contributed by atoms with Crippen molar-refractivity contribution in [1.82, 2.24) is 14.7 Å². The zero-order valence-electron chi connectivity index (χ0n) is 19.7. The molecule has 0 atom stereocenters. The Morgan fingerprint density at radius 2 is 1.91 bits per heavy atom. The van der Waals surface area contributed by atoms with Gasteiger partial charge in [-0.1, -0.05) is 39.8 Å². The van der Waals surface area contributed by atoms with Gasteiger partial charge in [-0.15, -0.1) is 0 Å². The number of rotatable bonds is 7. The van der Waals surface area contributed by atoms with Crippen LogP contribution in [0.2, 0.25) is 0 Å². The summed E-state index contributed by atoms with van der Waals surface area (Å²) < 4.78 is 7.00. The Kier molecular flexibility index (Phi) is 6.87. The number of carbonyl (C=O) groups is 2. The lowest BCUT2D eigenvalue weighted by Gasteiger charge is -2.20. The van der Waals surface area contributed by atoms with E-state index in [9.17, 15) is 9.59 Å². The van der Waals surface area contributed by atoms with Gasteiger partial charge in [0.25, 0.3) is 5.91 Å². The molecule has 0 saturated heterocycles. The lowest BCUT2D eigenvalue weighted by molar-refractivity contribution is -0.117. The van der Waals surface area contributed by atoms with Crippen molar-refractivity contribution in [2.24, 2.45) is 0 Å². The number of aryl methyl sites for hydroxylation is 1. The molecular formula is C25H32N4O3. The first-order valence-corrected chi connectivity index (χ1v) is 10.9. The average molecular weight is 437 g/mol. The van der Waals surface area contributed by atoms with Gasteiger partial charge in [-0.3, -0.25) is 9.59 Å². The van der Waals surface area contributed by atoms with Gasteiger partial charge in [-0.25, -0.2) is 4.68 Å². The molecule has 0 fully saturated rings. The molecule has 7 heteroatoms. The predicted molar refractivity (Wildman–Crippen MR) is 125 cm³/mol. The number of hydrogen-bond donors (Lipinski definition) is 1. The second-order valence-electron chi connectivity index (χ2n) is 9.05. The van der Waals surface area contributed by atoms with Gasteiger partial charge in [0, 0.05) is 18.0 Å². The molecule has 7 nitrogen and oxygen atoms in total. The highest BCUT2D eigenvalue weighted by Crippen LogP contribution is 2.28. The summed E-state index contributed by atoms with van der Waals surface area (Å²) in [5.74, 6) is 0.216. The van der Waals surface area contributed by atoms with Crippen LogP contribution in [0.5, 0.6) is 0 Å². The van der Waals surface area contributed by atoms with Crippen LogP contribution in [0.1, 0.15) is 61.5 Å². The van der Waals surface area contributed by atoms with E-state index in [-0.39, 0.29) is 29.5 Å². The molecule has 1 N–H and O–H groups in total. The molecule has 2 amide bonds. The third kappa shape index (κ3) is 5.10. The Labute approximate surface area is 189 Å². The van der Waals surface area contributed by atoms with Crippen LogP contribution in [-0.2, 0) is 10.2 Å². The number of aromatic nitrogens is 2. The van der Waals surface area contributed by atoms with E-state index >= 15 is 0 Å². The van der Waals surface area contributed by atoms with Gasteiger partial charge in [-0.2, -0.15) is 5.10 Å². The summed E-state index contributed by atoms with van der Waals surface area (Å²) in [5.41, 5.74) is 3.82. The number of hydrogen-bond acceptors (Lipinski definition) is 4. The minimum Gasteiger partial charge on any atom is -0.459 e. The molecule has 1 aromatic carbocycles. The Bertz CT molecular complexity index is 1090. The van der Waals surface area contributed by atoms with Crippen LogP contribution in [0.4, 0.5) is 5.82 Å². The fourth-order valence-electron chi connectivity index (χ4n) is 3.42. The van der Waals surface area contributed by atoms with E-state index in [2.05, 4.69) is 26.1 Å². The number of benzene rings is 1. The van der Waals surface area contributed by atoms with Crippen LogP contribution in [0.3, 0.4) is 0 Å². The minimum absolute atomic E-state index is 0.0732. The van der Waals surface area contributed by atoms with Gasteiger partial charge in [0.15, 0.2) is 5.76 Å². The third-order valence-electron chi connectivity index (χ3n) is 5.40. The molecule has 170 valence electrons. The zero-order valence-corrected chi connectivity index (χ0v) is 19.7. The molecule has 0 aliphatic carbocycles. The first-order valence-electron chi connectivity index (χ1n) is 10.9. The van der Waals surface area contributed by atoms with E-state index in [0.717, 1.165) is 28.9 Å². The van der Waals surface area contributed by atoms with Gasteiger partial charge in [-0.05, 0) is 49.6 Å². The summed E-state index contributed by atoms with van der Waals surface area (Å²) in [4.78, 5) is 27.2. The quantitative estimate of drug-likeness (QED) is 0.573. The summed E-state index contributed by atoms with van der Waals surface area (Å²) in [5, 5.41) is 7.78. The van der Waals surface area contributed by atoms with E-state index in [1.165, 1.54) is 11.2 Å². The standard InChI is InChI=1S/C25H32N4O3/c1-7-13-28(24(31)20-12-9-14-32-20)16-23(30)26-22-15-21(25(4,5)6)27-29(22)19-11-8-10-17(2)18(19)3/h8-12,14-15H,7,13,16H2,1-6H3,(H,26,30). The second-order valence-corrected chi connectivity index (χ2v) is 9.05. The first kappa shape index (κ1) is 23.3. The van der Waals surface area contributed by atoms with E-state index in [1.54, 1.807) is 16.8 Å². The lowest BCUT2D eigenvalue weighted by Crippen LogP contribution is -2.38. The van der Waals surface area contributed by atoms with Gasteiger partial charge in [0.1, 0.15) is 12.4 Å². The molecule has 2 heterocycles. The first-order chi connectivity index (χ1) is 15.1. The predicted octanol–water partition coefficient (Wildman–Crippen LogP) is 4.87. The number of nitrogens with one attached hydrogen (secondary N) is 1. The van der Waals surface area contributed by atoms with E-state index < -0.39 is 0 Å². The van der Waals surface area contributed by atoms with Gasteiger partial charge >= 0.3 is 0 Å². The molecule has 0 aliphatic heterocycles. The van der Waals surface area contributed by atoms with E-state index in [0.29, 0.717) is 12.4 Å². The third-order valence-corrected chi connectivity index (χ3v) is 5.40. The Hall–Kier alpha value is -3.35. The molecule has 0 aliphatic rings. The van der Waals surface area contributed by atoms with Crippen molar-refractivity contribution >= 4 is 17.6 Å². The van der Waals surface area contributed by atoms with E-state index in [1.807, 2.05) is 45.0 Å². The average Bonchev–Trinajstić information content (AvgIpc) is 3.39. The normalized spacial score (nSPS) is 11.4. The number of amides is 2. The van der Waals surface area contributed by atoms with Crippen LogP contribution in [0.15, 0.2) is 47.1 Å². The van der Waals surface area contributed by atoms with Crippen LogP contribution < -0.4 is 5.32 Å². The Morgan fingerprint density at radius 3 is 2.53 bits per heavy atom. The number of nitrogens with zero attached hydrogens (tertiary/aromatic N) is 3. The molecule has 3 rings (SSSR count). The fourth-order valence-corrected chi connectivity index (χ4v) is 3.42. The monoisotopic (exact) mass is 436 g/mol. The molecule has 0 bridgehead atoms. The molecule has 32 heavy (non-hydrogen) atoms. The molecule has 2 aromatic heterocycles. The smallest absolute Gasteiger partial charge is 0.290 e. The Morgan fingerprint density at radius 1 is 1.16 bits per heavy atom. The second kappa shape index (κ2) is 9.42.